The number of benzene rings is 10. The van der Waals surface area contributed by atoms with Crippen LogP contribution in [0.5, 0.6) is 11.5 Å². The van der Waals surface area contributed by atoms with Crippen LogP contribution in [0, 0.1) is 0 Å². The van der Waals surface area contributed by atoms with Crippen molar-refractivity contribution in [3.8, 4) is 33.8 Å². The second kappa shape index (κ2) is 12.3. The van der Waals surface area contributed by atoms with Gasteiger partial charge in [0, 0.05) is 39.0 Å². The Morgan fingerprint density at radius 3 is 1.63 bits per heavy atom. The van der Waals surface area contributed by atoms with Gasteiger partial charge >= 0.3 is 0 Å². The summed E-state index contributed by atoms with van der Waals surface area (Å²) >= 11 is 0. The lowest BCUT2D eigenvalue weighted by atomic mass is 9.65. The van der Waals surface area contributed by atoms with Gasteiger partial charge < -0.3 is 9.64 Å². The van der Waals surface area contributed by atoms with Gasteiger partial charge in [-0.05, 0) is 91.3 Å². The first-order valence-corrected chi connectivity index (χ1v) is 19.7. The molecule has 0 aromatic heterocycles. The van der Waals surface area contributed by atoms with Crippen LogP contribution in [0.1, 0.15) is 22.3 Å². The van der Waals surface area contributed by atoms with E-state index in [4.69, 9.17) is 4.74 Å². The zero-order chi connectivity index (χ0) is 37.5. The lowest BCUT2D eigenvalue weighted by Gasteiger charge is -2.40. The highest BCUT2D eigenvalue weighted by Gasteiger charge is 2.52. The van der Waals surface area contributed by atoms with Gasteiger partial charge in [-0.2, -0.15) is 0 Å². The van der Waals surface area contributed by atoms with Crippen LogP contribution in [0.2, 0.25) is 0 Å². The van der Waals surface area contributed by atoms with E-state index in [9.17, 15) is 0 Å². The molecule has 0 fully saturated rings. The zero-order valence-corrected chi connectivity index (χ0v) is 31.1. The number of rotatable bonds is 4. The minimum absolute atomic E-state index is 0.600. The molecule has 1 heterocycles. The minimum Gasteiger partial charge on any atom is -0.455 e. The van der Waals surface area contributed by atoms with Crippen LogP contribution in [0.3, 0.4) is 0 Å². The summed E-state index contributed by atoms with van der Waals surface area (Å²) in [6, 6.07) is 77.4. The van der Waals surface area contributed by atoms with E-state index in [1.54, 1.807) is 0 Å². The first-order chi connectivity index (χ1) is 28.3. The summed E-state index contributed by atoms with van der Waals surface area (Å²) in [5.74, 6) is 1.86. The fourth-order valence-corrected chi connectivity index (χ4v) is 9.85. The number of ether oxygens (including phenoxy) is 1. The van der Waals surface area contributed by atoms with Gasteiger partial charge in [-0.25, -0.2) is 0 Å². The quantitative estimate of drug-likeness (QED) is 0.179. The van der Waals surface area contributed by atoms with Crippen molar-refractivity contribution in [2.24, 2.45) is 0 Å². The van der Waals surface area contributed by atoms with Gasteiger partial charge in [0.05, 0.1) is 5.41 Å². The van der Waals surface area contributed by atoms with Crippen LogP contribution in [-0.2, 0) is 5.41 Å². The highest BCUT2D eigenvalue weighted by atomic mass is 16.5. The number of hydrogen-bond acceptors (Lipinski definition) is 2. The molecule has 0 saturated carbocycles. The Hall–Kier alpha value is -7.42. The molecule has 0 saturated heterocycles. The molecular formula is C55H35NO. The first kappa shape index (κ1) is 31.9. The smallest absolute Gasteiger partial charge is 0.140 e. The van der Waals surface area contributed by atoms with E-state index in [0.717, 1.165) is 39.3 Å². The molecule has 10 aromatic carbocycles. The molecule has 0 amide bonds. The molecule has 12 rings (SSSR count). The van der Waals surface area contributed by atoms with Crippen molar-refractivity contribution in [2.75, 3.05) is 4.90 Å². The minimum atomic E-state index is -0.600. The van der Waals surface area contributed by atoms with Gasteiger partial charge in [-0.15, -0.1) is 0 Å². The van der Waals surface area contributed by atoms with Crippen LogP contribution >= 0.6 is 0 Å². The Balaban J connectivity index is 1.12. The molecular weight excluding hydrogens is 691 g/mol. The lowest BCUT2D eigenvalue weighted by Crippen LogP contribution is -2.32. The predicted octanol–water partition coefficient (Wildman–Crippen LogP) is 14.8. The summed E-state index contributed by atoms with van der Waals surface area (Å²) in [7, 11) is 0. The molecule has 57 heavy (non-hydrogen) atoms. The van der Waals surface area contributed by atoms with Crippen LogP contribution in [0.4, 0.5) is 17.1 Å². The van der Waals surface area contributed by atoms with Crippen LogP contribution in [0.15, 0.2) is 212 Å². The van der Waals surface area contributed by atoms with E-state index in [2.05, 4.69) is 217 Å². The Morgan fingerprint density at radius 1 is 0.333 bits per heavy atom. The maximum atomic E-state index is 7.18. The van der Waals surface area contributed by atoms with E-state index in [0.29, 0.717) is 0 Å². The Bertz CT molecular complexity index is 3150. The average molecular weight is 726 g/mol. The van der Waals surface area contributed by atoms with Crippen molar-refractivity contribution < 1.29 is 4.74 Å². The van der Waals surface area contributed by atoms with Crippen molar-refractivity contribution in [1.29, 1.82) is 0 Å². The molecule has 1 aliphatic heterocycles. The fraction of sp³-hybridized carbons (Fsp3) is 0.0182. The molecule has 0 atom stereocenters. The van der Waals surface area contributed by atoms with Gasteiger partial charge in [0.25, 0.3) is 0 Å². The van der Waals surface area contributed by atoms with E-state index < -0.39 is 5.41 Å². The maximum Gasteiger partial charge on any atom is 0.140 e. The van der Waals surface area contributed by atoms with Crippen molar-refractivity contribution in [1.82, 2.24) is 0 Å². The van der Waals surface area contributed by atoms with Crippen molar-refractivity contribution >= 4 is 49.4 Å². The third kappa shape index (κ3) is 4.59. The first-order valence-electron chi connectivity index (χ1n) is 19.7. The van der Waals surface area contributed by atoms with Crippen LogP contribution in [-0.4, -0.2) is 0 Å². The fourth-order valence-electron chi connectivity index (χ4n) is 9.85. The van der Waals surface area contributed by atoms with Gasteiger partial charge in [-0.1, -0.05) is 176 Å². The normalized spacial score (nSPS) is 13.2. The number of nitrogens with zero attached hydrogens (tertiary/aromatic N) is 1. The Kier molecular flexibility index (Phi) is 6.88. The van der Waals surface area contributed by atoms with E-state index in [1.165, 1.54) is 66.1 Å². The largest absolute Gasteiger partial charge is 0.455 e. The molecule has 0 bridgehead atoms. The van der Waals surface area contributed by atoms with Crippen LogP contribution in [0.25, 0.3) is 54.6 Å². The van der Waals surface area contributed by atoms with Crippen molar-refractivity contribution in [2.45, 2.75) is 5.41 Å². The standard InChI is InChI=1S/C55H35NO/c1-2-19-41(20-3-1)56(43-31-28-36-14-4-5-17-39(36)34-43)42-21-12-18-40(35-42)44-25-13-27-49-52(44)47-24-10-11-26-48(47)55(49)50-32-29-37-15-6-8-22-45(37)53(50)57-54-46-23-9-7-16-38(46)30-33-51(54)55/h1-35H. The Morgan fingerprint density at radius 2 is 0.877 bits per heavy atom. The summed E-state index contributed by atoms with van der Waals surface area (Å²) in [6.45, 7) is 0. The summed E-state index contributed by atoms with van der Waals surface area (Å²) in [5.41, 5.74) is 12.5. The summed E-state index contributed by atoms with van der Waals surface area (Å²) in [5, 5.41) is 7.03. The van der Waals surface area contributed by atoms with E-state index in [-0.39, 0.29) is 0 Å². The molecule has 10 aromatic rings. The number of anilines is 3. The molecule has 0 radical (unpaired) electrons. The number of para-hydroxylation sites is 1. The van der Waals surface area contributed by atoms with Gasteiger partial charge in [0.15, 0.2) is 0 Å². The maximum absolute atomic E-state index is 7.18. The van der Waals surface area contributed by atoms with Gasteiger partial charge in [0.1, 0.15) is 11.5 Å². The predicted molar refractivity (Wildman–Crippen MR) is 236 cm³/mol. The lowest BCUT2D eigenvalue weighted by molar-refractivity contribution is 0.447. The summed E-state index contributed by atoms with van der Waals surface area (Å²) in [6.07, 6.45) is 0. The molecule has 0 unspecified atom stereocenters. The third-order valence-corrected chi connectivity index (χ3v) is 12.3. The molecule has 2 heteroatoms. The molecule has 266 valence electrons. The highest BCUT2D eigenvalue weighted by Crippen LogP contribution is 2.65. The van der Waals surface area contributed by atoms with Crippen molar-refractivity contribution in [3.05, 3.63) is 235 Å². The molecule has 2 aliphatic rings. The second-order valence-electron chi connectivity index (χ2n) is 15.2. The SMILES string of the molecule is c1ccc(N(c2cccc(-c3cccc4c3-c3ccccc3C43c4ccc5ccccc5c4Oc4c3ccc3ccccc43)c2)c2ccc3ccccc3c2)cc1. The van der Waals surface area contributed by atoms with Crippen LogP contribution < -0.4 is 9.64 Å². The molecule has 1 spiro atoms. The average Bonchev–Trinajstić information content (AvgIpc) is 3.57. The molecule has 1 aliphatic carbocycles. The topological polar surface area (TPSA) is 12.5 Å². The van der Waals surface area contributed by atoms with E-state index >= 15 is 0 Å². The molecule has 0 N–H and O–H groups in total. The third-order valence-electron chi connectivity index (χ3n) is 12.3. The zero-order valence-electron chi connectivity index (χ0n) is 31.1. The molecule has 2 nitrogen and oxygen atoms in total. The second-order valence-corrected chi connectivity index (χ2v) is 15.2. The Labute approximate surface area is 331 Å². The van der Waals surface area contributed by atoms with E-state index in [1.807, 2.05) is 0 Å². The monoisotopic (exact) mass is 725 g/mol. The summed E-state index contributed by atoms with van der Waals surface area (Å²) < 4.78 is 7.18. The number of fused-ring (bicyclic) bond motifs is 14. The van der Waals surface area contributed by atoms with Gasteiger partial charge in [0.2, 0.25) is 0 Å². The van der Waals surface area contributed by atoms with Crippen molar-refractivity contribution in [3.63, 3.8) is 0 Å². The summed E-state index contributed by atoms with van der Waals surface area (Å²) in [4.78, 5) is 2.37. The number of hydrogen-bond donors (Lipinski definition) is 0. The highest BCUT2D eigenvalue weighted by molar-refractivity contribution is 6.02. The van der Waals surface area contributed by atoms with Gasteiger partial charge in [-0.3, -0.25) is 0 Å².